The molecule has 1 aliphatic rings. The Morgan fingerprint density at radius 1 is 1.12 bits per heavy atom. The minimum Gasteiger partial charge on any atom is -0.452 e. The van der Waals surface area contributed by atoms with Gasteiger partial charge in [0.25, 0.3) is 5.89 Å². The third-order valence-corrected chi connectivity index (χ3v) is 7.30. The van der Waals surface area contributed by atoms with Crippen LogP contribution in [0, 0.1) is 0 Å². The monoisotopic (exact) mass is 491 g/mol. The van der Waals surface area contributed by atoms with Crippen LogP contribution in [0.2, 0.25) is 5.02 Å². The van der Waals surface area contributed by atoms with Crippen LogP contribution in [0.3, 0.4) is 0 Å². The van der Waals surface area contributed by atoms with Crippen LogP contribution >= 0.6 is 11.6 Å². The molecule has 0 unspecified atom stereocenters. The molecule has 9 nitrogen and oxygen atoms in total. The molecule has 1 fully saturated rings. The Labute approximate surface area is 196 Å². The molecule has 1 aromatic heterocycles. The number of nitrogens with zero attached hydrogens (tertiary/aromatic N) is 3. The third-order valence-electron chi connectivity index (χ3n) is 4.99. The molecule has 0 aliphatic carbocycles. The van der Waals surface area contributed by atoms with Gasteiger partial charge < -0.3 is 13.9 Å². The van der Waals surface area contributed by atoms with Crippen molar-refractivity contribution in [1.82, 2.24) is 14.5 Å². The van der Waals surface area contributed by atoms with E-state index in [4.69, 9.17) is 25.5 Å². The number of sulfonamides is 1. The van der Waals surface area contributed by atoms with Crippen molar-refractivity contribution in [3.63, 3.8) is 0 Å². The Balaban J connectivity index is 1.48. The minimum atomic E-state index is -3.94. The maximum absolute atomic E-state index is 13.2. The molecule has 0 N–H and O–H groups in total. The number of rotatable bonds is 6. The first-order valence-electron chi connectivity index (χ1n) is 10.2. The number of hydrogen-bond donors (Lipinski definition) is 0. The maximum Gasteiger partial charge on any atom is 0.338 e. The number of ether oxygens (including phenoxy) is 2. The summed E-state index contributed by atoms with van der Waals surface area (Å²) in [4.78, 5) is 12.4. The van der Waals surface area contributed by atoms with Crippen LogP contribution in [0.25, 0.3) is 11.5 Å². The summed E-state index contributed by atoms with van der Waals surface area (Å²) in [6, 6.07) is 13.1. The maximum atomic E-state index is 13.2. The lowest BCUT2D eigenvalue weighted by atomic mass is 10.2. The van der Waals surface area contributed by atoms with Gasteiger partial charge in [0.05, 0.1) is 22.8 Å². The molecule has 1 saturated heterocycles. The van der Waals surface area contributed by atoms with Gasteiger partial charge in [-0.05, 0) is 44.2 Å². The van der Waals surface area contributed by atoms with Crippen molar-refractivity contribution in [1.29, 1.82) is 0 Å². The molecule has 0 radical (unpaired) electrons. The summed E-state index contributed by atoms with van der Waals surface area (Å²) in [5.74, 6) is -0.331. The largest absolute Gasteiger partial charge is 0.452 e. The van der Waals surface area contributed by atoms with Crippen LogP contribution in [-0.4, -0.2) is 54.2 Å². The van der Waals surface area contributed by atoms with E-state index in [0.29, 0.717) is 5.89 Å². The van der Waals surface area contributed by atoms with Gasteiger partial charge in [-0.3, -0.25) is 0 Å². The third kappa shape index (κ3) is 5.25. The second-order valence-corrected chi connectivity index (χ2v) is 9.98. The molecule has 0 saturated carbocycles. The van der Waals surface area contributed by atoms with E-state index in [1.165, 1.54) is 22.5 Å². The molecule has 2 atom stereocenters. The van der Waals surface area contributed by atoms with E-state index < -0.39 is 16.0 Å². The van der Waals surface area contributed by atoms with Crippen molar-refractivity contribution in [3.8, 4) is 11.5 Å². The Morgan fingerprint density at radius 3 is 2.52 bits per heavy atom. The number of morpholine rings is 1. The van der Waals surface area contributed by atoms with E-state index in [1.54, 1.807) is 13.8 Å². The van der Waals surface area contributed by atoms with Gasteiger partial charge in [0.1, 0.15) is 4.90 Å². The lowest BCUT2D eigenvalue weighted by molar-refractivity contribution is -0.0440. The number of carbonyl (C=O) groups excluding carboxylic acids is 1. The number of benzene rings is 2. The fourth-order valence-electron chi connectivity index (χ4n) is 3.51. The fourth-order valence-corrected chi connectivity index (χ4v) is 5.60. The molecule has 3 aromatic rings. The lowest BCUT2D eigenvalue weighted by Crippen LogP contribution is -2.48. The Kier molecular flexibility index (Phi) is 6.80. The highest BCUT2D eigenvalue weighted by Crippen LogP contribution is 2.28. The molecular formula is C22H22ClN3O6S. The van der Waals surface area contributed by atoms with Crippen LogP contribution < -0.4 is 0 Å². The van der Waals surface area contributed by atoms with E-state index in [-0.39, 0.29) is 53.3 Å². The highest BCUT2D eigenvalue weighted by molar-refractivity contribution is 7.89. The van der Waals surface area contributed by atoms with Crippen LogP contribution in [0.1, 0.15) is 30.1 Å². The van der Waals surface area contributed by atoms with Crippen LogP contribution in [0.15, 0.2) is 57.8 Å². The van der Waals surface area contributed by atoms with Crippen molar-refractivity contribution in [2.75, 3.05) is 13.1 Å². The van der Waals surface area contributed by atoms with Gasteiger partial charge in [-0.15, -0.1) is 10.2 Å². The second-order valence-electron chi connectivity index (χ2n) is 7.67. The first-order valence-corrected chi connectivity index (χ1v) is 12.1. The zero-order valence-corrected chi connectivity index (χ0v) is 19.5. The molecule has 0 bridgehead atoms. The fraction of sp³-hybridized carbons (Fsp3) is 0.318. The summed E-state index contributed by atoms with van der Waals surface area (Å²) < 4.78 is 44.1. The van der Waals surface area contributed by atoms with Crippen molar-refractivity contribution >= 4 is 27.6 Å². The van der Waals surface area contributed by atoms with Gasteiger partial charge in [0.2, 0.25) is 15.9 Å². The Bertz CT molecular complexity index is 1240. The van der Waals surface area contributed by atoms with Crippen molar-refractivity contribution in [2.45, 2.75) is 37.6 Å². The zero-order chi connectivity index (χ0) is 23.6. The van der Waals surface area contributed by atoms with Crippen LogP contribution in [0.5, 0.6) is 0 Å². The molecule has 0 amide bonds. The second kappa shape index (κ2) is 9.60. The lowest BCUT2D eigenvalue weighted by Gasteiger charge is -2.34. The van der Waals surface area contributed by atoms with Crippen LogP contribution in [-0.2, 0) is 26.1 Å². The van der Waals surface area contributed by atoms with Gasteiger partial charge in [0.15, 0.2) is 6.61 Å². The molecule has 174 valence electrons. The zero-order valence-electron chi connectivity index (χ0n) is 18.0. The summed E-state index contributed by atoms with van der Waals surface area (Å²) in [6.07, 6.45) is -0.517. The smallest absolute Gasteiger partial charge is 0.338 e. The van der Waals surface area contributed by atoms with Gasteiger partial charge >= 0.3 is 5.97 Å². The summed E-state index contributed by atoms with van der Waals surface area (Å²) >= 11 is 6.19. The van der Waals surface area contributed by atoms with Crippen molar-refractivity contribution < 1.29 is 27.1 Å². The highest BCUT2D eigenvalue weighted by atomic mass is 35.5. The van der Waals surface area contributed by atoms with E-state index in [0.717, 1.165) is 5.56 Å². The van der Waals surface area contributed by atoms with Crippen LogP contribution in [0.4, 0.5) is 0 Å². The highest BCUT2D eigenvalue weighted by Gasteiger charge is 2.34. The number of halogens is 1. The van der Waals surface area contributed by atoms with E-state index in [1.807, 2.05) is 30.3 Å². The first kappa shape index (κ1) is 23.4. The molecule has 2 heterocycles. The Hall–Kier alpha value is -2.79. The summed E-state index contributed by atoms with van der Waals surface area (Å²) in [5.41, 5.74) is 0.775. The topological polar surface area (TPSA) is 112 Å². The number of hydrogen-bond acceptors (Lipinski definition) is 8. The molecule has 0 spiro atoms. The number of carbonyl (C=O) groups is 1. The predicted molar refractivity (Wildman–Crippen MR) is 119 cm³/mol. The van der Waals surface area contributed by atoms with Gasteiger partial charge in [-0.2, -0.15) is 4.31 Å². The average molecular weight is 492 g/mol. The standard InChI is InChI=1S/C22H22ClN3O6S/c1-14-11-26(12-15(2)31-14)33(28,29)19-10-17(8-9-18(19)23)22(27)30-13-20-24-25-21(32-20)16-6-4-3-5-7-16/h3-10,14-15H,11-13H2,1-2H3/t14-,15-/m0/s1. The molecule has 2 aromatic carbocycles. The molecule has 33 heavy (non-hydrogen) atoms. The van der Waals surface area contributed by atoms with Crippen molar-refractivity contribution in [2.24, 2.45) is 0 Å². The van der Waals surface area contributed by atoms with Crippen molar-refractivity contribution in [3.05, 3.63) is 65.0 Å². The summed E-state index contributed by atoms with van der Waals surface area (Å²) in [6.45, 7) is 3.72. The normalized spacial score (nSPS) is 19.4. The summed E-state index contributed by atoms with van der Waals surface area (Å²) in [7, 11) is -3.94. The number of esters is 1. The van der Waals surface area contributed by atoms with E-state index in [9.17, 15) is 13.2 Å². The van der Waals surface area contributed by atoms with E-state index >= 15 is 0 Å². The SMILES string of the molecule is C[C@H]1CN(S(=O)(=O)c2cc(C(=O)OCc3nnc(-c4ccccc4)o3)ccc2Cl)C[C@H](C)O1. The quantitative estimate of drug-likeness (QED) is 0.481. The molecule has 11 heteroatoms. The molecule has 1 aliphatic heterocycles. The summed E-state index contributed by atoms with van der Waals surface area (Å²) in [5, 5.41) is 7.83. The minimum absolute atomic E-state index is 0.0164. The average Bonchev–Trinajstić information content (AvgIpc) is 3.27. The number of aromatic nitrogens is 2. The van der Waals surface area contributed by atoms with Gasteiger partial charge in [0, 0.05) is 18.7 Å². The predicted octanol–water partition coefficient (Wildman–Crippen LogP) is 3.54. The Morgan fingerprint density at radius 2 is 1.82 bits per heavy atom. The molecule has 4 rings (SSSR count). The molecular weight excluding hydrogens is 470 g/mol. The van der Waals surface area contributed by atoms with Gasteiger partial charge in [-0.25, -0.2) is 13.2 Å². The first-order chi connectivity index (χ1) is 15.7. The van der Waals surface area contributed by atoms with Gasteiger partial charge in [-0.1, -0.05) is 29.8 Å². The van der Waals surface area contributed by atoms with E-state index in [2.05, 4.69) is 10.2 Å².